The van der Waals surface area contributed by atoms with Gasteiger partial charge in [0.1, 0.15) is 6.54 Å². The lowest BCUT2D eigenvalue weighted by Crippen LogP contribution is -2.20. The predicted octanol–water partition coefficient (Wildman–Crippen LogP) is -0.184. The summed E-state index contributed by atoms with van der Waals surface area (Å²) in [6.45, 7) is 1.43. The van der Waals surface area contributed by atoms with Gasteiger partial charge in [-0.15, -0.1) is 0 Å². The molecule has 5 heteroatoms. The van der Waals surface area contributed by atoms with Crippen molar-refractivity contribution in [2.45, 2.75) is 13.5 Å². The van der Waals surface area contributed by atoms with E-state index in [1.165, 1.54) is 6.07 Å². The lowest BCUT2D eigenvalue weighted by Gasteiger charge is -1.95. The highest BCUT2D eigenvalue weighted by Gasteiger charge is 2.05. The molecule has 0 saturated carbocycles. The number of amides is 1. The molecule has 11 heavy (non-hydrogen) atoms. The Hall–Kier alpha value is -1.39. The molecule has 0 unspecified atom stereocenters. The topological polar surface area (TPSA) is 60.9 Å². The highest BCUT2D eigenvalue weighted by Crippen LogP contribution is 1.99. The molecule has 1 aromatic heterocycles. The summed E-state index contributed by atoms with van der Waals surface area (Å²) in [5.74, 6) is -1.15. The molecule has 0 saturated heterocycles. The number of carbonyl (C=O) groups excluding carboxylic acids is 1. The van der Waals surface area contributed by atoms with Crippen LogP contribution in [-0.2, 0) is 11.3 Å². The van der Waals surface area contributed by atoms with Crippen LogP contribution in [0.2, 0.25) is 0 Å². The molecule has 1 aromatic rings. The molecule has 0 aromatic carbocycles. The first-order valence-corrected chi connectivity index (χ1v) is 3.08. The summed E-state index contributed by atoms with van der Waals surface area (Å²) in [4.78, 5) is 10.3. The van der Waals surface area contributed by atoms with E-state index in [0.29, 0.717) is 5.69 Å². The van der Waals surface area contributed by atoms with Gasteiger partial charge >= 0.3 is 0 Å². The Morgan fingerprint density at radius 2 is 2.55 bits per heavy atom. The van der Waals surface area contributed by atoms with Crippen LogP contribution in [0.5, 0.6) is 0 Å². The zero-order valence-electron chi connectivity index (χ0n) is 6.04. The minimum atomic E-state index is -0.605. The number of aryl methyl sites for hydroxylation is 1. The number of hydrogen-bond acceptors (Lipinski definition) is 2. The van der Waals surface area contributed by atoms with E-state index < -0.39 is 11.9 Å². The van der Waals surface area contributed by atoms with Gasteiger partial charge in [-0.2, -0.15) is 9.49 Å². The number of halogens is 1. The number of primary amides is 1. The second kappa shape index (κ2) is 2.69. The quantitative estimate of drug-likeness (QED) is 0.647. The first kappa shape index (κ1) is 7.71. The van der Waals surface area contributed by atoms with Crippen molar-refractivity contribution in [2.75, 3.05) is 0 Å². The summed E-state index contributed by atoms with van der Waals surface area (Å²) in [5, 5.41) is 3.69. The lowest BCUT2D eigenvalue weighted by atomic mass is 10.5. The van der Waals surface area contributed by atoms with Gasteiger partial charge in [-0.1, -0.05) is 0 Å². The summed E-state index contributed by atoms with van der Waals surface area (Å²) < 4.78 is 13.6. The second-order valence-electron chi connectivity index (χ2n) is 2.23. The molecule has 60 valence electrons. The Balaban J connectivity index is 2.85. The van der Waals surface area contributed by atoms with Crippen molar-refractivity contribution >= 4 is 5.91 Å². The van der Waals surface area contributed by atoms with E-state index in [-0.39, 0.29) is 6.54 Å². The molecule has 0 spiro atoms. The van der Waals surface area contributed by atoms with Gasteiger partial charge in [-0.25, -0.2) is 4.68 Å². The van der Waals surface area contributed by atoms with Gasteiger partial charge in [-0.05, 0) is 6.92 Å². The van der Waals surface area contributed by atoms with Crippen molar-refractivity contribution in [3.05, 3.63) is 17.7 Å². The third-order valence-electron chi connectivity index (χ3n) is 1.16. The first-order chi connectivity index (χ1) is 5.09. The number of hydrogen-bond donors (Lipinski definition) is 1. The number of rotatable bonds is 2. The summed E-state index contributed by atoms with van der Waals surface area (Å²) in [6, 6.07) is 1.24. The van der Waals surface area contributed by atoms with E-state index in [2.05, 4.69) is 5.10 Å². The Morgan fingerprint density at radius 3 is 2.91 bits per heavy atom. The molecule has 4 nitrogen and oxygen atoms in total. The Bertz CT molecular complexity index is 281. The number of nitrogens with two attached hydrogens (primary N) is 1. The summed E-state index contributed by atoms with van der Waals surface area (Å²) in [5.41, 5.74) is 5.37. The van der Waals surface area contributed by atoms with Gasteiger partial charge in [0, 0.05) is 6.07 Å². The third kappa shape index (κ3) is 1.76. The highest BCUT2D eigenvalue weighted by atomic mass is 19.1. The number of aromatic nitrogens is 2. The largest absolute Gasteiger partial charge is 0.368 e. The number of carbonyl (C=O) groups is 1. The molecule has 2 N–H and O–H groups in total. The van der Waals surface area contributed by atoms with Crippen LogP contribution in [-0.4, -0.2) is 15.7 Å². The predicted molar refractivity (Wildman–Crippen MR) is 36.1 cm³/mol. The van der Waals surface area contributed by atoms with Gasteiger partial charge in [0.05, 0.1) is 5.69 Å². The minimum absolute atomic E-state index is 0.209. The zero-order chi connectivity index (χ0) is 8.43. The molecule has 0 fully saturated rings. The lowest BCUT2D eigenvalue weighted by molar-refractivity contribution is -0.118. The van der Waals surface area contributed by atoms with Gasteiger partial charge in [0.2, 0.25) is 11.9 Å². The maximum absolute atomic E-state index is 12.7. The van der Waals surface area contributed by atoms with Gasteiger partial charge in [0.25, 0.3) is 0 Å². The van der Waals surface area contributed by atoms with Crippen molar-refractivity contribution in [3.63, 3.8) is 0 Å². The van der Waals surface area contributed by atoms with Gasteiger partial charge < -0.3 is 5.73 Å². The molecule has 0 aliphatic carbocycles. The van der Waals surface area contributed by atoms with Crippen LogP contribution in [0.3, 0.4) is 0 Å². The molecule has 0 aliphatic heterocycles. The fraction of sp³-hybridized carbons (Fsp3) is 0.333. The van der Waals surface area contributed by atoms with E-state index in [4.69, 9.17) is 5.73 Å². The van der Waals surface area contributed by atoms with Gasteiger partial charge in [-0.3, -0.25) is 4.79 Å². The monoisotopic (exact) mass is 157 g/mol. The standard InChI is InChI=1S/C6H8FN3O/c1-4-2-5(7)10(9-4)3-6(8)11/h2H,3H2,1H3,(H2,8,11). The third-order valence-corrected chi connectivity index (χ3v) is 1.16. The fourth-order valence-electron chi connectivity index (χ4n) is 0.772. The smallest absolute Gasteiger partial charge is 0.239 e. The Labute approximate surface area is 62.8 Å². The van der Waals surface area contributed by atoms with Crippen molar-refractivity contribution in [2.24, 2.45) is 5.73 Å². The summed E-state index contributed by atoms with van der Waals surface area (Å²) >= 11 is 0. The van der Waals surface area contributed by atoms with Crippen molar-refractivity contribution < 1.29 is 9.18 Å². The van der Waals surface area contributed by atoms with Crippen LogP contribution in [0.1, 0.15) is 5.69 Å². The van der Waals surface area contributed by atoms with E-state index in [1.54, 1.807) is 6.92 Å². The maximum Gasteiger partial charge on any atom is 0.239 e. The summed E-state index contributed by atoms with van der Waals surface area (Å²) in [6.07, 6.45) is 0. The molecule has 0 radical (unpaired) electrons. The first-order valence-electron chi connectivity index (χ1n) is 3.08. The molecular formula is C6H8FN3O. The highest BCUT2D eigenvalue weighted by molar-refractivity contribution is 5.73. The van der Waals surface area contributed by atoms with E-state index in [9.17, 15) is 9.18 Å². The molecule has 1 rings (SSSR count). The van der Waals surface area contributed by atoms with Crippen molar-refractivity contribution in [3.8, 4) is 0 Å². The Morgan fingerprint density at radius 1 is 1.91 bits per heavy atom. The van der Waals surface area contributed by atoms with Crippen LogP contribution in [0, 0.1) is 12.9 Å². The van der Waals surface area contributed by atoms with Crippen LogP contribution in [0.25, 0.3) is 0 Å². The molecule has 1 heterocycles. The van der Waals surface area contributed by atoms with E-state index in [0.717, 1.165) is 4.68 Å². The molecular weight excluding hydrogens is 149 g/mol. The van der Waals surface area contributed by atoms with Crippen LogP contribution in [0.15, 0.2) is 6.07 Å². The van der Waals surface area contributed by atoms with E-state index in [1.807, 2.05) is 0 Å². The van der Waals surface area contributed by atoms with Crippen molar-refractivity contribution in [1.82, 2.24) is 9.78 Å². The second-order valence-corrected chi connectivity index (χ2v) is 2.23. The molecule has 1 amide bonds. The fourth-order valence-corrected chi connectivity index (χ4v) is 0.772. The molecule has 0 atom stereocenters. The average Bonchev–Trinajstić information content (AvgIpc) is 2.09. The van der Waals surface area contributed by atoms with Crippen LogP contribution < -0.4 is 5.73 Å². The van der Waals surface area contributed by atoms with Crippen LogP contribution >= 0.6 is 0 Å². The molecule has 0 bridgehead atoms. The Kier molecular flexibility index (Phi) is 1.89. The number of nitrogens with zero attached hydrogens (tertiary/aromatic N) is 2. The zero-order valence-corrected chi connectivity index (χ0v) is 6.04. The average molecular weight is 157 g/mol. The maximum atomic E-state index is 12.7. The van der Waals surface area contributed by atoms with Crippen molar-refractivity contribution in [1.29, 1.82) is 0 Å². The van der Waals surface area contributed by atoms with Crippen LogP contribution in [0.4, 0.5) is 4.39 Å². The van der Waals surface area contributed by atoms with E-state index >= 15 is 0 Å². The SMILES string of the molecule is Cc1cc(F)n(CC(N)=O)n1. The normalized spacial score (nSPS) is 10.0. The minimum Gasteiger partial charge on any atom is -0.368 e. The van der Waals surface area contributed by atoms with Gasteiger partial charge in [0.15, 0.2) is 0 Å². The molecule has 0 aliphatic rings. The summed E-state index contributed by atoms with van der Waals surface area (Å²) in [7, 11) is 0.